The summed E-state index contributed by atoms with van der Waals surface area (Å²) in [5.41, 5.74) is 0. The summed E-state index contributed by atoms with van der Waals surface area (Å²) < 4.78 is 0. The van der Waals surface area contributed by atoms with Crippen molar-refractivity contribution in [1.82, 2.24) is 0 Å². The lowest BCUT2D eigenvalue weighted by molar-refractivity contribution is 0.280. The van der Waals surface area contributed by atoms with Crippen LogP contribution in [-0.2, 0) is 0 Å². The first-order chi connectivity index (χ1) is 15.7. The van der Waals surface area contributed by atoms with E-state index in [0.717, 1.165) is 57.8 Å². The highest BCUT2D eigenvalue weighted by Crippen LogP contribution is 2.07. The molecule has 0 spiro atoms. The largest absolute Gasteiger partial charge is 0.377 e. The average Bonchev–Trinajstić information content (AvgIpc) is 2.81. The normalized spacial score (nSPS) is 13.4. The Morgan fingerprint density at radius 3 is 1.62 bits per heavy atom. The summed E-state index contributed by atoms with van der Waals surface area (Å²) in [7, 11) is 0. The SMILES string of the molecule is C#C[C@@H](O)/C=C/CCCCCCC#CC/C=C\C/C=C\CCCCCC/C=C/[C@H](O)C#C. The predicted molar refractivity (Wildman–Crippen MR) is 139 cm³/mol. The van der Waals surface area contributed by atoms with Crippen molar-refractivity contribution in [2.24, 2.45) is 0 Å². The van der Waals surface area contributed by atoms with Crippen LogP contribution in [0.4, 0.5) is 0 Å². The second-order valence-corrected chi connectivity index (χ2v) is 7.76. The molecule has 0 amide bonds. The molecule has 0 aliphatic carbocycles. The third-order valence-corrected chi connectivity index (χ3v) is 4.84. The quantitative estimate of drug-likeness (QED) is 0.144. The van der Waals surface area contributed by atoms with E-state index in [1.165, 1.54) is 32.1 Å². The van der Waals surface area contributed by atoms with Gasteiger partial charge in [0.15, 0.2) is 0 Å². The smallest absolute Gasteiger partial charge is 0.133 e. The maximum atomic E-state index is 9.19. The van der Waals surface area contributed by atoms with Gasteiger partial charge in [-0.25, -0.2) is 0 Å². The maximum absolute atomic E-state index is 9.19. The topological polar surface area (TPSA) is 40.5 Å². The molecule has 0 saturated carbocycles. The Kier molecular flexibility index (Phi) is 22.9. The minimum Gasteiger partial charge on any atom is -0.377 e. The lowest BCUT2D eigenvalue weighted by Gasteiger charge is -1.97. The molecule has 0 aliphatic heterocycles. The maximum Gasteiger partial charge on any atom is 0.133 e. The van der Waals surface area contributed by atoms with E-state index in [2.05, 4.69) is 48.0 Å². The third kappa shape index (κ3) is 23.8. The van der Waals surface area contributed by atoms with Crippen LogP contribution in [0.5, 0.6) is 0 Å². The number of aliphatic hydroxyl groups excluding tert-OH is 2. The van der Waals surface area contributed by atoms with E-state index in [9.17, 15) is 10.2 Å². The number of terminal acetylenes is 2. The molecular weight excluding hydrogens is 392 g/mol. The molecule has 0 fully saturated rings. The van der Waals surface area contributed by atoms with Crippen LogP contribution < -0.4 is 0 Å². The monoisotopic (exact) mass is 434 g/mol. The minimum absolute atomic E-state index is 0.738. The molecule has 0 aromatic carbocycles. The molecule has 174 valence electrons. The zero-order chi connectivity index (χ0) is 23.5. The first kappa shape index (κ1) is 29.6. The highest BCUT2D eigenvalue weighted by Gasteiger charge is 1.91. The predicted octanol–water partition coefficient (Wildman–Crippen LogP) is 6.66. The Labute approximate surface area is 197 Å². The van der Waals surface area contributed by atoms with Crippen molar-refractivity contribution in [2.75, 3.05) is 0 Å². The first-order valence-corrected chi connectivity index (χ1v) is 12.1. The molecule has 2 nitrogen and oxygen atoms in total. The molecule has 0 saturated heterocycles. The molecule has 0 aromatic rings. The van der Waals surface area contributed by atoms with Crippen LogP contribution in [0.25, 0.3) is 0 Å². The van der Waals surface area contributed by atoms with Crippen LogP contribution >= 0.6 is 0 Å². The first-order valence-electron chi connectivity index (χ1n) is 12.1. The third-order valence-electron chi connectivity index (χ3n) is 4.84. The standard InChI is InChI=1S/C30H42O2/c1-3-29(31)27-25-23-21-19-17-15-13-11-9-7-5-6-8-10-12-14-16-18-20-22-24-26-28-30(32)4-2/h1-2,5-6,9,11,25-32H,7-8,13-24H2/b6-5-,11-9-,27-25+,28-26+/t29-,30-/m1/s1. The molecule has 2 atom stereocenters. The van der Waals surface area contributed by atoms with Crippen LogP contribution in [0.2, 0.25) is 0 Å². The summed E-state index contributed by atoms with van der Waals surface area (Å²) in [4.78, 5) is 0. The van der Waals surface area contributed by atoms with Gasteiger partial charge in [0, 0.05) is 12.8 Å². The average molecular weight is 435 g/mol. The fourth-order valence-electron chi connectivity index (χ4n) is 2.96. The molecule has 2 N–H and O–H groups in total. The van der Waals surface area contributed by atoms with E-state index in [1.807, 2.05) is 12.2 Å². The van der Waals surface area contributed by atoms with Gasteiger partial charge in [-0.1, -0.05) is 79.9 Å². The fourth-order valence-corrected chi connectivity index (χ4v) is 2.96. The summed E-state index contributed by atoms with van der Waals surface area (Å²) in [5.74, 6) is 11.0. The summed E-state index contributed by atoms with van der Waals surface area (Å²) in [5, 5.41) is 18.4. The van der Waals surface area contributed by atoms with Gasteiger partial charge < -0.3 is 10.2 Å². The number of hydrogen-bond acceptors (Lipinski definition) is 2. The van der Waals surface area contributed by atoms with Gasteiger partial charge in [-0.2, -0.15) is 0 Å². The molecule has 2 heteroatoms. The van der Waals surface area contributed by atoms with Gasteiger partial charge in [0.05, 0.1) is 0 Å². The second kappa shape index (κ2) is 24.8. The highest BCUT2D eigenvalue weighted by molar-refractivity contribution is 5.07. The second-order valence-electron chi connectivity index (χ2n) is 7.76. The van der Waals surface area contributed by atoms with Gasteiger partial charge in [0.2, 0.25) is 0 Å². The molecule has 0 rings (SSSR count). The van der Waals surface area contributed by atoms with Crippen LogP contribution in [0, 0.1) is 36.5 Å². The Bertz CT molecular complexity index is 685. The molecule has 0 aromatic heterocycles. The van der Waals surface area contributed by atoms with Gasteiger partial charge >= 0.3 is 0 Å². The zero-order valence-electron chi connectivity index (χ0n) is 19.7. The lowest BCUT2D eigenvalue weighted by Crippen LogP contribution is -1.95. The Hall–Kier alpha value is -2.44. The Balaban J connectivity index is 3.42. The van der Waals surface area contributed by atoms with Crippen molar-refractivity contribution in [3.8, 4) is 36.5 Å². The molecule has 0 heterocycles. The van der Waals surface area contributed by atoms with Gasteiger partial charge in [0.25, 0.3) is 0 Å². The van der Waals surface area contributed by atoms with Crippen LogP contribution in [0.15, 0.2) is 48.6 Å². The fraction of sp³-hybridized carbons (Fsp3) is 0.533. The summed E-state index contributed by atoms with van der Waals surface area (Å²) >= 11 is 0. The van der Waals surface area contributed by atoms with E-state index >= 15 is 0 Å². The number of unbranched alkanes of at least 4 members (excludes halogenated alkanes) is 10. The Morgan fingerprint density at radius 2 is 1.06 bits per heavy atom. The number of hydrogen-bond donors (Lipinski definition) is 2. The summed E-state index contributed by atoms with van der Waals surface area (Å²) in [6.07, 6.45) is 40.3. The Morgan fingerprint density at radius 1 is 0.562 bits per heavy atom. The molecular formula is C30H42O2. The van der Waals surface area contributed by atoms with Crippen LogP contribution in [0.3, 0.4) is 0 Å². The van der Waals surface area contributed by atoms with Crippen molar-refractivity contribution in [3.05, 3.63) is 48.6 Å². The van der Waals surface area contributed by atoms with Crippen LogP contribution in [0.1, 0.15) is 89.9 Å². The van der Waals surface area contributed by atoms with Gasteiger partial charge in [0.1, 0.15) is 12.2 Å². The van der Waals surface area contributed by atoms with Gasteiger partial charge in [-0.15, -0.1) is 18.8 Å². The molecule has 32 heavy (non-hydrogen) atoms. The minimum atomic E-state index is -0.743. The number of rotatable bonds is 18. The van der Waals surface area contributed by atoms with Crippen molar-refractivity contribution in [1.29, 1.82) is 0 Å². The number of aliphatic hydroxyl groups is 2. The van der Waals surface area contributed by atoms with E-state index in [4.69, 9.17) is 12.8 Å². The summed E-state index contributed by atoms with van der Waals surface area (Å²) in [6.45, 7) is 0. The van der Waals surface area contributed by atoms with Crippen molar-refractivity contribution in [3.63, 3.8) is 0 Å². The molecule has 0 unspecified atom stereocenters. The zero-order valence-corrected chi connectivity index (χ0v) is 19.7. The molecule has 0 radical (unpaired) electrons. The van der Waals surface area contributed by atoms with E-state index < -0.39 is 12.2 Å². The van der Waals surface area contributed by atoms with E-state index in [1.54, 1.807) is 12.2 Å². The summed E-state index contributed by atoms with van der Waals surface area (Å²) in [6, 6.07) is 0. The molecule has 0 aliphatic rings. The van der Waals surface area contributed by atoms with Crippen LogP contribution in [-0.4, -0.2) is 22.4 Å². The molecule has 0 bridgehead atoms. The highest BCUT2D eigenvalue weighted by atomic mass is 16.3. The lowest BCUT2D eigenvalue weighted by atomic mass is 10.1. The number of allylic oxidation sites excluding steroid dienone is 6. The van der Waals surface area contributed by atoms with Gasteiger partial charge in [-0.3, -0.25) is 0 Å². The van der Waals surface area contributed by atoms with E-state index in [0.29, 0.717) is 0 Å². The van der Waals surface area contributed by atoms with Crippen molar-refractivity contribution >= 4 is 0 Å². The van der Waals surface area contributed by atoms with Gasteiger partial charge in [-0.05, 0) is 63.5 Å². The van der Waals surface area contributed by atoms with Crippen molar-refractivity contribution < 1.29 is 10.2 Å². The van der Waals surface area contributed by atoms with Crippen molar-refractivity contribution in [2.45, 2.75) is 102 Å². The van der Waals surface area contributed by atoms with E-state index in [-0.39, 0.29) is 0 Å².